The van der Waals surface area contributed by atoms with Gasteiger partial charge in [-0.3, -0.25) is 4.79 Å². The molecule has 8 heteroatoms. The number of carbonyl (C=O) groups is 2. The number of fused-ring (bicyclic) bond motifs is 1. The van der Waals surface area contributed by atoms with Crippen molar-refractivity contribution in [1.29, 1.82) is 0 Å². The standard InChI is InChI=1S/C25H26O8/c1-6-29-24(28)16-7-9-17(10-8-16)32-23-15(2)31-20-13-18(11-12-19(20)22(23)27)30-14-21(26)33-25(3,4)5/h7-13H,6,14H2,1-5H3. The molecule has 0 aliphatic carbocycles. The molecule has 33 heavy (non-hydrogen) atoms. The average molecular weight is 454 g/mol. The zero-order valence-corrected chi connectivity index (χ0v) is 19.2. The van der Waals surface area contributed by atoms with Crippen LogP contribution >= 0.6 is 0 Å². The van der Waals surface area contributed by atoms with Gasteiger partial charge in [0.15, 0.2) is 6.61 Å². The molecule has 0 saturated carbocycles. The zero-order valence-electron chi connectivity index (χ0n) is 19.2. The predicted octanol–water partition coefficient (Wildman–Crippen LogP) is 4.79. The second kappa shape index (κ2) is 9.77. The van der Waals surface area contributed by atoms with Gasteiger partial charge in [-0.15, -0.1) is 0 Å². The van der Waals surface area contributed by atoms with Crippen molar-refractivity contribution in [2.45, 2.75) is 40.2 Å². The number of aryl methyl sites for hydroxylation is 1. The van der Waals surface area contributed by atoms with E-state index in [1.165, 1.54) is 6.07 Å². The third-order valence-corrected chi connectivity index (χ3v) is 4.35. The van der Waals surface area contributed by atoms with E-state index in [-0.39, 0.29) is 30.2 Å². The van der Waals surface area contributed by atoms with E-state index in [0.29, 0.717) is 28.0 Å². The van der Waals surface area contributed by atoms with E-state index >= 15 is 0 Å². The molecule has 1 heterocycles. The number of hydrogen-bond donors (Lipinski definition) is 0. The van der Waals surface area contributed by atoms with Crippen LogP contribution in [0.15, 0.2) is 51.7 Å². The van der Waals surface area contributed by atoms with Crippen molar-refractivity contribution >= 4 is 22.9 Å². The van der Waals surface area contributed by atoms with E-state index in [2.05, 4.69) is 0 Å². The minimum atomic E-state index is -0.608. The monoisotopic (exact) mass is 454 g/mol. The van der Waals surface area contributed by atoms with Crippen LogP contribution in [0.3, 0.4) is 0 Å². The Morgan fingerprint density at radius 3 is 2.30 bits per heavy atom. The topological polar surface area (TPSA) is 101 Å². The molecular weight excluding hydrogens is 428 g/mol. The van der Waals surface area contributed by atoms with Crippen molar-refractivity contribution in [3.63, 3.8) is 0 Å². The number of carbonyl (C=O) groups excluding carboxylic acids is 2. The van der Waals surface area contributed by atoms with Gasteiger partial charge in [0, 0.05) is 6.07 Å². The summed E-state index contributed by atoms with van der Waals surface area (Å²) in [6.07, 6.45) is 0. The Morgan fingerprint density at radius 1 is 1.00 bits per heavy atom. The van der Waals surface area contributed by atoms with E-state index in [1.807, 2.05) is 0 Å². The Labute approximate surface area is 191 Å². The van der Waals surface area contributed by atoms with Crippen LogP contribution in [0.4, 0.5) is 0 Å². The second-order valence-electron chi connectivity index (χ2n) is 8.20. The predicted molar refractivity (Wildman–Crippen MR) is 121 cm³/mol. The first-order chi connectivity index (χ1) is 15.6. The Kier molecular flexibility index (Phi) is 7.06. The van der Waals surface area contributed by atoms with Crippen LogP contribution in [0.5, 0.6) is 17.2 Å². The first-order valence-corrected chi connectivity index (χ1v) is 10.4. The van der Waals surface area contributed by atoms with Crippen LogP contribution in [-0.2, 0) is 14.3 Å². The Morgan fingerprint density at radius 2 is 1.67 bits per heavy atom. The van der Waals surface area contributed by atoms with Gasteiger partial charge >= 0.3 is 11.9 Å². The summed E-state index contributed by atoms with van der Waals surface area (Å²) in [4.78, 5) is 36.6. The van der Waals surface area contributed by atoms with Crippen molar-refractivity contribution in [3.8, 4) is 17.2 Å². The highest BCUT2D eigenvalue weighted by Crippen LogP contribution is 2.27. The van der Waals surface area contributed by atoms with Crippen molar-refractivity contribution in [2.24, 2.45) is 0 Å². The summed E-state index contributed by atoms with van der Waals surface area (Å²) in [5, 5.41) is 0.295. The molecule has 0 aliphatic rings. The maximum Gasteiger partial charge on any atom is 0.344 e. The quantitative estimate of drug-likeness (QED) is 0.470. The van der Waals surface area contributed by atoms with Gasteiger partial charge in [0.1, 0.15) is 28.4 Å². The lowest BCUT2D eigenvalue weighted by molar-refractivity contribution is -0.157. The van der Waals surface area contributed by atoms with Crippen LogP contribution in [0.25, 0.3) is 11.0 Å². The highest BCUT2D eigenvalue weighted by Gasteiger charge is 2.18. The normalized spacial score (nSPS) is 11.2. The fraction of sp³-hybridized carbons (Fsp3) is 0.320. The molecule has 3 rings (SSSR count). The van der Waals surface area contributed by atoms with Gasteiger partial charge < -0.3 is 23.4 Å². The van der Waals surface area contributed by atoms with Crippen LogP contribution in [0.2, 0.25) is 0 Å². The molecule has 0 atom stereocenters. The lowest BCUT2D eigenvalue weighted by Crippen LogP contribution is -2.27. The van der Waals surface area contributed by atoms with Crippen molar-refractivity contribution in [1.82, 2.24) is 0 Å². The SMILES string of the molecule is CCOC(=O)c1ccc(Oc2c(C)oc3cc(OCC(=O)OC(C)(C)C)ccc3c2=O)cc1. The minimum absolute atomic E-state index is 0.0359. The molecule has 0 unspecified atom stereocenters. The van der Waals surface area contributed by atoms with Gasteiger partial charge in [-0.2, -0.15) is 0 Å². The van der Waals surface area contributed by atoms with Crippen LogP contribution in [0.1, 0.15) is 43.8 Å². The van der Waals surface area contributed by atoms with Gasteiger partial charge in [0.25, 0.3) is 0 Å². The minimum Gasteiger partial charge on any atom is -0.482 e. The van der Waals surface area contributed by atoms with Gasteiger partial charge in [-0.25, -0.2) is 9.59 Å². The number of hydrogen-bond acceptors (Lipinski definition) is 8. The summed E-state index contributed by atoms with van der Waals surface area (Å²) < 4.78 is 27.2. The molecule has 0 bridgehead atoms. The molecule has 2 aromatic carbocycles. The largest absolute Gasteiger partial charge is 0.482 e. The Hall–Kier alpha value is -3.81. The van der Waals surface area contributed by atoms with Crippen LogP contribution in [-0.4, -0.2) is 30.8 Å². The Bertz CT molecular complexity index is 1220. The van der Waals surface area contributed by atoms with Crippen molar-refractivity contribution in [2.75, 3.05) is 13.2 Å². The molecule has 3 aromatic rings. The third kappa shape index (κ3) is 6.12. The van der Waals surface area contributed by atoms with Gasteiger partial charge in [0.05, 0.1) is 17.6 Å². The number of ether oxygens (including phenoxy) is 4. The van der Waals surface area contributed by atoms with E-state index in [9.17, 15) is 14.4 Å². The fourth-order valence-corrected chi connectivity index (χ4v) is 2.98. The molecule has 0 fully saturated rings. The Balaban J connectivity index is 1.78. The highest BCUT2D eigenvalue weighted by molar-refractivity contribution is 5.89. The summed E-state index contributed by atoms with van der Waals surface area (Å²) >= 11 is 0. The summed E-state index contributed by atoms with van der Waals surface area (Å²) in [6, 6.07) is 10.9. The number of benzene rings is 2. The zero-order chi connectivity index (χ0) is 24.2. The smallest absolute Gasteiger partial charge is 0.344 e. The van der Waals surface area contributed by atoms with E-state index in [1.54, 1.807) is 71.0 Å². The lowest BCUT2D eigenvalue weighted by atomic mass is 10.2. The molecule has 0 N–H and O–H groups in total. The average Bonchev–Trinajstić information content (AvgIpc) is 2.74. The van der Waals surface area contributed by atoms with Crippen molar-refractivity contribution in [3.05, 3.63) is 64.0 Å². The highest BCUT2D eigenvalue weighted by atomic mass is 16.6. The molecule has 0 spiro atoms. The van der Waals surface area contributed by atoms with Crippen LogP contribution in [0, 0.1) is 6.92 Å². The van der Waals surface area contributed by atoms with Gasteiger partial charge in [-0.05, 0) is 71.0 Å². The van der Waals surface area contributed by atoms with E-state index < -0.39 is 17.5 Å². The molecule has 0 amide bonds. The molecule has 0 aliphatic heterocycles. The summed E-state index contributed by atoms with van der Waals surface area (Å²) in [5.74, 6) is 0.0995. The fourth-order valence-electron chi connectivity index (χ4n) is 2.98. The lowest BCUT2D eigenvalue weighted by Gasteiger charge is -2.19. The molecule has 8 nitrogen and oxygen atoms in total. The number of rotatable bonds is 7. The molecule has 1 aromatic heterocycles. The van der Waals surface area contributed by atoms with Gasteiger partial charge in [-0.1, -0.05) is 0 Å². The third-order valence-electron chi connectivity index (χ3n) is 4.35. The first-order valence-electron chi connectivity index (χ1n) is 10.4. The van der Waals surface area contributed by atoms with E-state index in [4.69, 9.17) is 23.4 Å². The van der Waals surface area contributed by atoms with Gasteiger partial charge in [0.2, 0.25) is 11.2 Å². The second-order valence-corrected chi connectivity index (χ2v) is 8.20. The molecule has 0 saturated heterocycles. The summed E-state index contributed by atoms with van der Waals surface area (Å²) in [6.45, 7) is 8.66. The number of esters is 2. The maximum atomic E-state index is 13.0. The molecule has 174 valence electrons. The van der Waals surface area contributed by atoms with Crippen LogP contribution < -0.4 is 14.9 Å². The molecule has 0 radical (unpaired) electrons. The molecular formula is C25H26O8. The maximum absolute atomic E-state index is 13.0. The van der Waals surface area contributed by atoms with E-state index in [0.717, 1.165) is 0 Å². The summed E-state index contributed by atoms with van der Waals surface area (Å²) in [7, 11) is 0. The first kappa shape index (κ1) is 23.8. The van der Waals surface area contributed by atoms with Crippen molar-refractivity contribution < 1.29 is 33.0 Å². The summed E-state index contributed by atoms with van der Waals surface area (Å²) in [5.41, 5.74) is -0.292.